The lowest BCUT2D eigenvalue weighted by Crippen LogP contribution is -2.02. The lowest BCUT2D eigenvalue weighted by atomic mass is 10.0. The molecule has 3 aromatic rings. The lowest BCUT2D eigenvalue weighted by molar-refractivity contribution is 0.711. The monoisotopic (exact) mass is 329 g/mol. The van der Waals surface area contributed by atoms with Gasteiger partial charge in [0.25, 0.3) is 0 Å². The maximum absolute atomic E-state index is 6.65. The summed E-state index contributed by atoms with van der Waals surface area (Å²) in [5.41, 5.74) is 2.94. The van der Waals surface area contributed by atoms with E-state index in [1.54, 1.807) is 11.0 Å². The summed E-state index contributed by atoms with van der Waals surface area (Å²) in [6.07, 6.45) is 3.18. The Labute approximate surface area is 138 Å². The summed E-state index contributed by atoms with van der Waals surface area (Å²) < 4.78 is 1.75. The SMILES string of the molecule is ClC(=C(Cn1cncn1)c1ccc(Cl)cc1)c1ccccc1. The molecule has 0 spiro atoms. The molecule has 0 N–H and O–H groups in total. The van der Waals surface area contributed by atoms with E-state index in [4.69, 9.17) is 23.2 Å². The number of aromatic nitrogens is 3. The number of nitrogens with zero attached hydrogens (tertiary/aromatic N) is 3. The minimum Gasteiger partial charge on any atom is -0.248 e. The highest BCUT2D eigenvalue weighted by molar-refractivity contribution is 6.52. The number of hydrogen-bond acceptors (Lipinski definition) is 2. The second kappa shape index (κ2) is 6.77. The predicted octanol–water partition coefficient (Wildman–Crippen LogP) is 4.74. The van der Waals surface area contributed by atoms with E-state index in [9.17, 15) is 0 Å². The van der Waals surface area contributed by atoms with Crippen LogP contribution in [0.25, 0.3) is 10.6 Å². The van der Waals surface area contributed by atoms with E-state index in [-0.39, 0.29) is 0 Å². The van der Waals surface area contributed by atoms with Gasteiger partial charge < -0.3 is 0 Å². The van der Waals surface area contributed by atoms with E-state index < -0.39 is 0 Å². The van der Waals surface area contributed by atoms with Crippen molar-refractivity contribution in [1.29, 1.82) is 0 Å². The molecule has 0 radical (unpaired) electrons. The smallest absolute Gasteiger partial charge is 0.137 e. The molecule has 110 valence electrons. The largest absolute Gasteiger partial charge is 0.248 e. The Morgan fingerprint density at radius 2 is 1.68 bits per heavy atom. The number of hydrogen-bond donors (Lipinski definition) is 0. The van der Waals surface area contributed by atoms with Crippen LogP contribution in [0.2, 0.25) is 5.02 Å². The van der Waals surface area contributed by atoms with Gasteiger partial charge in [-0.05, 0) is 23.3 Å². The molecule has 0 saturated heterocycles. The first-order chi connectivity index (χ1) is 10.7. The molecule has 0 amide bonds. The quantitative estimate of drug-likeness (QED) is 0.647. The Hall–Kier alpha value is -2.10. The molecule has 3 nitrogen and oxygen atoms in total. The highest BCUT2D eigenvalue weighted by Crippen LogP contribution is 2.31. The molecule has 0 fully saturated rings. The normalized spacial score (nSPS) is 12.1. The molecule has 0 aliphatic carbocycles. The van der Waals surface area contributed by atoms with Crippen LogP contribution in [-0.4, -0.2) is 14.8 Å². The molecule has 5 heteroatoms. The standard InChI is InChI=1S/C17H13Cl2N3/c18-15-8-6-13(7-9-15)16(10-22-12-20-11-21-22)17(19)14-4-2-1-3-5-14/h1-9,11-12H,10H2. The topological polar surface area (TPSA) is 30.7 Å². The molecular weight excluding hydrogens is 317 g/mol. The molecule has 0 unspecified atom stereocenters. The minimum absolute atomic E-state index is 0.537. The maximum atomic E-state index is 6.65. The van der Waals surface area contributed by atoms with Gasteiger partial charge in [0.2, 0.25) is 0 Å². The molecule has 1 aromatic heterocycles. The van der Waals surface area contributed by atoms with Gasteiger partial charge in [-0.2, -0.15) is 5.10 Å². The van der Waals surface area contributed by atoms with Crippen molar-refractivity contribution in [2.45, 2.75) is 6.54 Å². The minimum atomic E-state index is 0.537. The fourth-order valence-corrected chi connectivity index (χ4v) is 2.59. The van der Waals surface area contributed by atoms with Crippen LogP contribution in [0.15, 0.2) is 67.3 Å². The van der Waals surface area contributed by atoms with Gasteiger partial charge in [-0.25, -0.2) is 9.67 Å². The molecule has 0 atom stereocenters. The summed E-state index contributed by atoms with van der Waals surface area (Å²) in [5.74, 6) is 0. The van der Waals surface area contributed by atoms with Gasteiger partial charge in [-0.3, -0.25) is 0 Å². The van der Waals surface area contributed by atoms with Crippen molar-refractivity contribution in [1.82, 2.24) is 14.8 Å². The van der Waals surface area contributed by atoms with Crippen molar-refractivity contribution >= 4 is 33.8 Å². The number of rotatable bonds is 4. The molecule has 0 aliphatic heterocycles. The van der Waals surface area contributed by atoms with Crippen molar-refractivity contribution in [2.24, 2.45) is 0 Å². The van der Waals surface area contributed by atoms with Crippen molar-refractivity contribution < 1.29 is 0 Å². The highest BCUT2D eigenvalue weighted by Gasteiger charge is 2.11. The summed E-state index contributed by atoms with van der Waals surface area (Å²) in [6.45, 7) is 0.537. The summed E-state index contributed by atoms with van der Waals surface area (Å²) in [7, 11) is 0. The Bertz CT molecular complexity index is 763. The zero-order valence-corrected chi connectivity index (χ0v) is 13.2. The second-order valence-electron chi connectivity index (χ2n) is 4.76. The summed E-state index contributed by atoms with van der Waals surface area (Å²) in [6, 6.07) is 17.5. The van der Waals surface area contributed by atoms with E-state index >= 15 is 0 Å². The molecule has 1 heterocycles. The fraction of sp³-hybridized carbons (Fsp3) is 0.0588. The van der Waals surface area contributed by atoms with Crippen LogP contribution in [0, 0.1) is 0 Å². The molecule has 3 rings (SSSR count). The Kier molecular flexibility index (Phi) is 4.56. The first-order valence-electron chi connectivity index (χ1n) is 6.76. The van der Waals surface area contributed by atoms with E-state index in [0.717, 1.165) is 16.7 Å². The van der Waals surface area contributed by atoms with Gasteiger partial charge in [0.1, 0.15) is 12.7 Å². The predicted molar refractivity (Wildman–Crippen MR) is 90.6 cm³/mol. The first kappa shape index (κ1) is 14.8. The van der Waals surface area contributed by atoms with Gasteiger partial charge in [-0.15, -0.1) is 0 Å². The molecule has 0 saturated carbocycles. The summed E-state index contributed by atoms with van der Waals surface area (Å²) >= 11 is 12.6. The average Bonchev–Trinajstić information content (AvgIpc) is 3.07. The van der Waals surface area contributed by atoms with Gasteiger partial charge in [-0.1, -0.05) is 65.7 Å². The number of allylic oxidation sites excluding steroid dienone is 1. The third-order valence-corrected chi connectivity index (χ3v) is 3.97. The van der Waals surface area contributed by atoms with Crippen molar-refractivity contribution in [3.63, 3.8) is 0 Å². The average molecular weight is 330 g/mol. The van der Waals surface area contributed by atoms with Crippen LogP contribution in [0.3, 0.4) is 0 Å². The van der Waals surface area contributed by atoms with E-state index in [1.807, 2.05) is 54.6 Å². The Morgan fingerprint density at radius 1 is 0.955 bits per heavy atom. The number of benzene rings is 2. The fourth-order valence-electron chi connectivity index (χ4n) is 2.17. The van der Waals surface area contributed by atoms with Gasteiger partial charge >= 0.3 is 0 Å². The molecule has 0 bridgehead atoms. The van der Waals surface area contributed by atoms with Crippen LogP contribution in [0.1, 0.15) is 11.1 Å². The van der Waals surface area contributed by atoms with Crippen molar-refractivity contribution in [3.8, 4) is 0 Å². The second-order valence-corrected chi connectivity index (χ2v) is 5.57. The van der Waals surface area contributed by atoms with Gasteiger partial charge in [0.15, 0.2) is 0 Å². The van der Waals surface area contributed by atoms with Crippen LogP contribution in [-0.2, 0) is 6.54 Å². The van der Waals surface area contributed by atoms with Crippen LogP contribution >= 0.6 is 23.2 Å². The number of halogens is 2. The molecule has 22 heavy (non-hydrogen) atoms. The van der Waals surface area contributed by atoms with Crippen molar-refractivity contribution in [3.05, 3.63) is 83.4 Å². The maximum Gasteiger partial charge on any atom is 0.137 e. The third-order valence-electron chi connectivity index (χ3n) is 3.27. The van der Waals surface area contributed by atoms with E-state index in [2.05, 4.69) is 10.1 Å². The van der Waals surface area contributed by atoms with Crippen LogP contribution < -0.4 is 0 Å². The van der Waals surface area contributed by atoms with Crippen LogP contribution in [0.4, 0.5) is 0 Å². The molecule has 0 aliphatic rings. The van der Waals surface area contributed by atoms with Crippen LogP contribution in [0.5, 0.6) is 0 Å². The molecular formula is C17H13Cl2N3. The van der Waals surface area contributed by atoms with Gasteiger partial charge in [0.05, 0.1) is 11.6 Å². The van der Waals surface area contributed by atoms with Crippen molar-refractivity contribution in [2.75, 3.05) is 0 Å². The highest BCUT2D eigenvalue weighted by atomic mass is 35.5. The Morgan fingerprint density at radius 3 is 2.32 bits per heavy atom. The zero-order valence-electron chi connectivity index (χ0n) is 11.7. The first-order valence-corrected chi connectivity index (χ1v) is 7.52. The summed E-state index contributed by atoms with van der Waals surface area (Å²) in [5, 5.41) is 5.55. The Balaban J connectivity index is 2.07. The zero-order chi connectivity index (χ0) is 15.4. The lowest BCUT2D eigenvalue weighted by Gasteiger charge is -2.12. The van der Waals surface area contributed by atoms with Gasteiger partial charge in [0, 0.05) is 10.6 Å². The van der Waals surface area contributed by atoms with E-state index in [1.165, 1.54) is 6.33 Å². The third kappa shape index (κ3) is 3.38. The van der Waals surface area contributed by atoms with E-state index in [0.29, 0.717) is 16.6 Å². The molecule has 2 aromatic carbocycles. The summed E-state index contributed by atoms with van der Waals surface area (Å²) in [4.78, 5) is 3.98.